The number of carbonyl (C=O) groups excluding carboxylic acids is 1. The summed E-state index contributed by atoms with van der Waals surface area (Å²) in [5.74, 6) is 0. The summed E-state index contributed by atoms with van der Waals surface area (Å²) in [6.45, 7) is 10.6. The fourth-order valence-electron chi connectivity index (χ4n) is 1.72. The van der Waals surface area contributed by atoms with Crippen LogP contribution in [0.2, 0.25) is 0 Å². The van der Waals surface area contributed by atoms with Gasteiger partial charge < -0.3 is 20.5 Å². The smallest absolute Gasteiger partial charge is 0.407 e. The van der Waals surface area contributed by atoms with Gasteiger partial charge in [0.15, 0.2) is 0 Å². The van der Waals surface area contributed by atoms with E-state index in [0.29, 0.717) is 13.1 Å². The topological polar surface area (TPSA) is 70.6 Å². The molecule has 0 atom stereocenters. The number of para-hydroxylation sites is 1. The van der Waals surface area contributed by atoms with Crippen molar-refractivity contribution in [3.63, 3.8) is 0 Å². The molecule has 1 rings (SSSR count). The molecule has 0 aromatic heterocycles. The number of aliphatic hydroxyl groups excluding tert-OH is 1. The molecule has 1 aromatic carbocycles. The summed E-state index contributed by atoms with van der Waals surface area (Å²) in [6.07, 6.45) is -0.432. The van der Waals surface area contributed by atoms with Crippen molar-refractivity contribution in [2.24, 2.45) is 5.41 Å². The molecule has 0 heterocycles. The molecule has 124 valence electrons. The van der Waals surface area contributed by atoms with E-state index >= 15 is 0 Å². The second kappa shape index (κ2) is 7.49. The molecule has 3 N–H and O–H groups in total. The predicted molar refractivity (Wildman–Crippen MR) is 88.9 cm³/mol. The van der Waals surface area contributed by atoms with E-state index < -0.39 is 11.7 Å². The van der Waals surface area contributed by atoms with Gasteiger partial charge in [-0.15, -0.1) is 0 Å². The molecular weight excluding hydrogens is 280 g/mol. The lowest BCUT2D eigenvalue weighted by atomic mass is 9.95. The molecule has 0 aliphatic carbocycles. The molecule has 22 heavy (non-hydrogen) atoms. The third-order valence-electron chi connectivity index (χ3n) is 3.02. The zero-order valence-electron chi connectivity index (χ0n) is 14.2. The zero-order valence-corrected chi connectivity index (χ0v) is 14.2. The van der Waals surface area contributed by atoms with Crippen LogP contribution < -0.4 is 10.6 Å². The summed E-state index contributed by atoms with van der Waals surface area (Å²) in [7, 11) is 0. The number of hydrogen-bond acceptors (Lipinski definition) is 4. The third-order valence-corrected chi connectivity index (χ3v) is 3.02. The van der Waals surface area contributed by atoms with Crippen LogP contribution in [0, 0.1) is 5.41 Å². The second-order valence-electron chi connectivity index (χ2n) is 7.19. The largest absolute Gasteiger partial charge is 0.444 e. The second-order valence-corrected chi connectivity index (χ2v) is 7.19. The first-order valence-corrected chi connectivity index (χ1v) is 7.52. The standard InChI is InChI=1S/C17H28N2O3/c1-16(2,3)22-15(21)18-10-13-8-6-7-9-14(13)19-11-17(4,5)12-20/h6-9,19-20H,10-12H2,1-5H3,(H,18,21). The van der Waals surface area contributed by atoms with Gasteiger partial charge in [-0.2, -0.15) is 0 Å². The van der Waals surface area contributed by atoms with Crippen LogP contribution in [0.25, 0.3) is 0 Å². The quantitative estimate of drug-likeness (QED) is 0.755. The number of benzene rings is 1. The summed E-state index contributed by atoms with van der Waals surface area (Å²) in [6, 6.07) is 7.77. The number of aliphatic hydroxyl groups is 1. The zero-order chi connectivity index (χ0) is 16.8. The Morgan fingerprint density at radius 2 is 1.82 bits per heavy atom. The minimum Gasteiger partial charge on any atom is -0.444 e. The van der Waals surface area contributed by atoms with Gasteiger partial charge in [-0.1, -0.05) is 32.0 Å². The summed E-state index contributed by atoms with van der Waals surface area (Å²) in [5, 5.41) is 15.4. The molecule has 0 saturated heterocycles. The fraction of sp³-hybridized carbons (Fsp3) is 0.588. The number of amides is 1. The van der Waals surface area contributed by atoms with Crippen molar-refractivity contribution in [3.8, 4) is 0 Å². The minimum atomic E-state index is -0.507. The highest BCUT2D eigenvalue weighted by Crippen LogP contribution is 2.19. The van der Waals surface area contributed by atoms with Crippen LogP contribution in [-0.2, 0) is 11.3 Å². The maximum Gasteiger partial charge on any atom is 0.407 e. The lowest BCUT2D eigenvalue weighted by Crippen LogP contribution is -2.32. The first-order chi connectivity index (χ1) is 10.1. The maximum atomic E-state index is 11.7. The van der Waals surface area contributed by atoms with Crippen molar-refractivity contribution < 1.29 is 14.6 Å². The van der Waals surface area contributed by atoms with Crippen LogP contribution in [0.4, 0.5) is 10.5 Å². The Hall–Kier alpha value is -1.75. The Kier molecular flexibility index (Phi) is 6.23. The van der Waals surface area contributed by atoms with E-state index in [1.54, 1.807) is 0 Å². The molecule has 0 aliphatic rings. The van der Waals surface area contributed by atoms with E-state index in [1.165, 1.54) is 0 Å². The summed E-state index contributed by atoms with van der Waals surface area (Å²) in [5.41, 5.74) is 1.21. The number of alkyl carbamates (subject to hydrolysis) is 1. The van der Waals surface area contributed by atoms with Crippen molar-refractivity contribution in [3.05, 3.63) is 29.8 Å². The monoisotopic (exact) mass is 308 g/mol. The van der Waals surface area contributed by atoms with Gasteiger partial charge in [-0.3, -0.25) is 0 Å². The van der Waals surface area contributed by atoms with E-state index in [9.17, 15) is 9.90 Å². The lowest BCUT2D eigenvalue weighted by molar-refractivity contribution is 0.0523. The number of rotatable bonds is 6. The SMILES string of the molecule is CC(C)(CO)CNc1ccccc1CNC(=O)OC(C)(C)C. The Balaban J connectivity index is 2.62. The van der Waals surface area contributed by atoms with E-state index in [4.69, 9.17) is 4.74 Å². The maximum absolute atomic E-state index is 11.7. The third kappa shape index (κ3) is 6.80. The number of carbonyl (C=O) groups is 1. The molecule has 0 unspecified atom stereocenters. The minimum absolute atomic E-state index is 0.109. The normalized spacial score (nSPS) is 11.9. The molecule has 5 heteroatoms. The van der Waals surface area contributed by atoms with Crippen LogP contribution in [0.5, 0.6) is 0 Å². The lowest BCUT2D eigenvalue weighted by Gasteiger charge is -2.24. The van der Waals surface area contributed by atoms with Crippen LogP contribution >= 0.6 is 0 Å². The number of ether oxygens (including phenoxy) is 1. The predicted octanol–water partition coefficient (Wildman–Crippen LogP) is 3.14. The van der Waals surface area contributed by atoms with Gasteiger partial charge in [-0.25, -0.2) is 4.79 Å². The molecule has 0 spiro atoms. The van der Waals surface area contributed by atoms with Gasteiger partial charge >= 0.3 is 6.09 Å². The van der Waals surface area contributed by atoms with Gasteiger partial charge in [0.25, 0.3) is 0 Å². The van der Waals surface area contributed by atoms with Gasteiger partial charge in [0.1, 0.15) is 5.60 Å². The highest BCUT2D eigenvalue weighted by molar-refractivity contribution is 5.68. The highest BCUT2D eigenvalue weighted by Gasteiger charge is 2.18. The number of nitrogens with one attached hydrogen (secondary N) is 2. The van der Waals surface area contributed by atoms with Crippen LogP contribution in [0.1, 0.15) is 40.2 Å². The molecule has 0 radical (unpaired) electrons. The average Bonchev–Trinajstić information content (AvgIpc) is 2.42. The van der Waals surface area contributed by atoms with Gasteiger partial charge in [0.2, 0.25) is 0 Å². The first-order valence-electron chi connectivity index (χ1n) is 7.52. The molecule has 5 nitrogen and oxygen atoms in total. The van der Waals surface area contributed by atoms with Gasteiger partial charge in [0, 0.05) is 30.8 Å². The van der Waals surface area contributed by atoms with Gasteiger partial charge in [0.05, 0.1) is 0 Å². The fourth-order valence-corrected chi connectivity index (χ4v) is 1.72. The van der Waals surface area contributed by atoms with E-state index in [2.05, 4.69) is 10.6 Å². The number of anilines is 1. The average molecular weight is 308 g/mol. The molecule has 0 aliphatic heterocycles. The van der Waals surface area contributed by atoms with Crippen molar-refractivity contribution >= 4 is 11.8 Å². The Morgan fingerprint density at radius 3 is 2.41 bits per heavy atom. The van der Waals surface area contributed by atoms with E-state index in [1.807, 2.05) is 58.9 Å². The highest BCUT2D eigenvalue weighted by atomic mass is 16.6. The molecule has 0 bridgehead atoms. The van der Waals surface area contributed by atoms with Crippen molar-refractivity contribution in [2.75, 3.05) is 18.5 Å². The van der Waals surface area contributed by atoms with Crippen molar-refractivity contribution in [1.29, 1.82) is 0 Å². The summed E-state index contributed by atoms with van der Waals surface area (Å²) < 4.78 is 5.23. The van der Waals surface area contributed by atoms with Crippen LogP contribution in [0.15, 0.2) is 24.3 Å². The molecule has 1 aromatic rings. The Bertz CT molecular complexity index is 493. The molecule has 0 saturated carbocycles. The molecule has 0 fully saturated rings. The first kappa shape index (κ1) is 18.3. The van der Waals surface area contributed by atoms with Gasteiger partial charge in [-0.05, 0) is 32.4 Å². The van der Waals surface area contributed by atoms with Crippen molar-refractivity contribution in [1.82, 2.24) is 5.32 Å². The number of hydrogen-bond donors (Lipinski definition) is 3. The summed E-state index contributed by atoms with van der Waals surface area (Å²) in [4.78, 5) is 11.7. The van der Waals surface area contributed by atoms with Crippen LogP contribution in [-0.4, -0.2) is 30.0 Å². The molecule has 1 amide bonds. The Morgan fingerprint density at radius 1 is 1.18 bits per heavy atom. The van der Waals surface area contributed by atoms with E-state index in [-0.39, 0.29) is 12.0 Å². The summed E-state index contributed by atoms with van der Waals surface area (Å²) >= 11 is 0. The Labute approximate surface area is 133 Å². The molecular formula is C17H28N2O3. The van der Waals surface area contributed by atoms with Crippen LogP contribution in [0.3, 0.4) is 0 Å². The van der Waals surface area contributed by atoms with E-state index in [0.717, 1.165) is 11.3 Å². The van der Waals surface area contributed by atoms with Crippen molar-refractivity contribution in [2.45, 2.75) is 46.8 Å².